The van der Waals surface area contributed by atoms with Gasteiger partial charge < -0.3 is 4.74 Å². The van der Waals surface area contributed by atoms with E-state index in [4.69, 9.17) is 4.74 Å². The van der Waals surface area contributed by atoms with Crippen molar-refractivity contribution in [2.24, 2.45) is 29.6 Å². The van der Waals surface area contributed by atoms with Crippen LogP contribution in [0, 0.1) is 29.6 Å². The monoisotopic (exact) mass is 374 g/mol. The maximum atomic E-state index is 6.08. The van der Waals surface area contributed by atoms with Gasteiger partial charge in [0, 0.05) is 6.61 Å². The Hall–Kier alpha value is -0.300. The van der Waals surface area contributed by atoms with E-state index in [0.717, 1.165) is 36.2 Å². The van der Waals surface area contributed by atoms with Crippen LogP contribution < -0.4 is 0 Å². The maximum Gasteiger partial charge on any atom is 0.0575 e. The van der Waals surface area contributed by atoms with Gasteiger partial charge in [-0.2, -0.15) is 0 Å². The van der Waals surface area contributed by atoms with E-state index in [-0.39, 0.29) is 0 Å². The van der Waals surface area contributed by atoms with Crippen LogP contribution in [-0.2, 0) is 4.74 Å². The van der Waals surface area contributed by atoms with E-state index in [2.05, 4.69) is 19.6 Å². The van der Waals surface area contributed by atoms with E-state index < -0.39 is 0 Å². The van der Waals surface area contributed by atoms with E-state index in [0.29, 0.717) is 6.10 Å². The molecule has 0 aromatic heterocycles. The summed E-state index contributed by atoms with van der Waals surface area (Å²) in [6, 6.07) is 0. The standard InChI is InChI=1S/C26H46O/c1-3-5-7-21-8-10-22(11-9-21)23-12-14-24(15-13-23)25-16-18-26(19-17-25)27-20-6-4-2/h3,21-26H,1,4-20H2,2H3. The molecule has 0 amide bonds. The quantitative estimate of drug-likeness (QED) is 0.294. The molecule has 1 heteroatoms. The zero-order chi connectivity index (χ0) is 18.9. The van der Waals surface area contributed by atoms with Crippen molar-refractivity contribution in [2.45, 2.75) is 116 Å². The topological polar surface area (TPSA) is 9.23 Å². The Morgan fingerprint density at radius 3 is 1.70 bits per heavy atom. The molecular formula is C26H46O. The van der Waals surface area contributed by atoms with Gasteiger partial charge in [-0.1, -0.05) is 32.3 Å². The van der Waals surface area contributed by atoms with E-state index in [1.807, 2.05) is 0 Å². The summed E-state index contributed by atoms with van der Waals surface area (Å²) in [5.41, 5.74) is 0. The van der Waals surface area contributed by atoms with Crippen LogP contribution in [0.5, 0.6) is 0 Å². The van der Waals surface area contributed by atoms with Crippen molar-refractivity contribution in [1.29, 1.82) is 0 Å². The highest BCUT2D eigenvalue weighted by molar-refractivity contribution is 4.86. The Kier molecular flexibility index (Phi) is 9.23. The molecule has 156 valence electrons. The summed E-state index contributed by atoms with van der Waals surface area (Å²) in [6.45, 7) is 7.14. The predicted molar refractivity (Wildman–Crippen MR) is 117 cm³/mol. The van der Waals surface area contributed by atoms with Crippen LogP contribution in [0.4, 0.5) is 0 Å². The molecule has 1 nitrogen and oxygen atoms in total. The molecule has 0 aromatic carbocycles. The molecule has 27 heavy (non-hydrogen) atoms. The second-order valence-electron chi connectivity index (χ2n) is 10.1. The Balaban J connectivity index is 1.31. The van der Waals surface area contributed by atoms with Crippen LogP contribution in [0.1, 0.15) is 110 Å². The summed E-state index contributed by atoms with van der Waals surface area (Å²) >= 11 is 0. The molecule has 0 radical (unpaired) electrons. The van der Waals surface area contributed by atoms with Gasteiger partial charge in [0.25, 0.3) is 0 Å². The molecule has 0 heterocycles. The van der Waals surface area contributed by atoms with Crippen LogP contribution >= 0.6 is 0 Å². The lowest BCUT2D eigenvalue weighted by atomic mass is 9.65. The second kappa shape index (κ2) is 11.6. The molecule has 3 aliphatic rings. The second-order valence-corrected chi connectivity index (χ2v) is 10.1. The number of hydrogen-bond donors (Lipinski definition) is 0. The summed E-state index contributed by atoms with van der Waals surface area (Å²) in [6.07, 6.45) is 25.6. The highest BCUT2D eigenvalue weighted by Gasteiger charge is 2.34. The Morgan fingerprint density at radius 2 is 1.22 bits per heavy atom. The first kappa shape index (κ1) is 21.4. The van der Waals surface area contributed by atoms with Gasteiger partial charge in [-0.05, 0) is 113 Å². The largest absolute Gasteiger partial charge is 0.378 e. The van der Waals surface area contributed by atoms with Gasteiger partial charge in [-0.25, -0.2) is 0 Å². The molecule has 0 atom stereocenters. The van der Waals surface area contributed by atoms with Gasteiger partial charge in [-0.15, -0.1) is 6.58 Å². The molecule has 3 saturated carbocycles. The lowest BCUT2D eigenvalue weighted by Crippen LogP contribution is -2.31. The lowest BCUT2D eigenvalue weighted by molar-refractivity contribution is 0.00426. The minimum absolute atomic E-state index is 0.584. The summed E-state index contributed by atoms with van der Waals surface area (Å²) in [7, 11) is 0. The van der Waals surface area contributed by atoms with Crippen molar-refractivity contribution < 1.29 is 4.74 Å². The fourth-order valence-corrected chi connectivity index (χ4v) is 6.51. The first-order valence-corrected chi connectivity index (χ1v) is 12.5. The van der Waals surface area contributed by atoms with E-state index in [1.165, 1.54) is 89.9 Å². The van der Waals surface area contributed by atoms with Crippen molar-refractivity contribution in [1.82, 2.24) is 0 Å². The molecule has 0 saturated heterocycles. The minimum Gasteiger partial charge on any atom is -0.378 e. The summed E-state index contributed by atoms with van der Waals surface area (Å²) in [5, 5.41) is 0. The third kappa shape index (κ3) is 6.62. The summed E-state index contributed by atoms with van der Waals surface area (Å²) in [4.78, 5) is 0. The highest BCUT2D eigenvalue weighted by atomic mass is 16.5. The number of unbranched alkanes of at least 4 members (excludes halogenated alkanes) is 1. The lowest BCUT2D eigenvalue weighted by Gasteiger charge is -2.41. The van der Waals surface area contributed by atoms with Crippen molar-refractivity contribution in [3.05, 3.63) is 12.7 Å². The van der Waals surface area contributed by atoms with Crippen molar-refractivity contribution in [2.75, 3.05) is 6.61 Å². The molecule has 3 aliphatic carbocycles. The Bertz CT molecular complexity index is 392. The number of allylic oxidation sites excluding steroid dienone is 1. The van der Waals surface area contributed by atoms with Gasteiger partial charge in [-0.3, -0.25) is 0 Å². The molecule has 0 aromatic rings. The average Bonchev–Trinajstić information content (AvgIpc) is 2.73. The fourth-order valence-electron chi connectivity index (χ4n) is 6.51. The molecule has 0 bridgehead atoms. The molecule has 0 N–H and O–H groups in total. The Labute approximate surface area is 169 Å². The summed E-state index contributed by atoms with van der Waals surface area (Å²) < 4.78 is 6.08. The first-order chi connectivity index (χ1) is 13.3. The maximum absolute atomic E-state index is 6.08. The highest BCUT2D eigenvalue weighted by Crippen LogP contribution is 2.45. The van der Waals surface area contributed by atoms with Crippen molar-refractivity contribution in [3.63, 3.8) is 0 Å². The van der Waals surface area contributed by atoms with Gasteiger partial charge in [0.15, 0.2) is 0 Å². The average molecular weight is 375 g/mol. The Morgan fingerprint density at radius 1 is 0.741 bits per heavy atom. The van der Waals surface area contributed by atoms with E-state index in [9.17, 15) is 0 Å². The van der Waals surface area contributed by atoms with Crippen LogP contribution in [0.3, 0.4) is 0 Å². The number of hydrogen-bond acceptors (Lipinski definition) is 1. The minimum atomic E-state index is 0.584. The molecule has 3 rings (SSSR count). The molecular weight excluding hydrogens is 328 g/mol. The third-order valence-corrected chi connectivity index (χ3v) is 8.39. The smallest absolute Gasteiger partial charge is 0.0575 e. The SMILES string of the molecule is C=CCCC1CCC(C2CCC(C3CCC(OCCCC)CC3)CC2)CC1. The van der Waals surface area contributed by atoms with Crippen molar-refractivity contribution in [3.8, 4) is 0 Å². The van der Waals surface area contributed by atoms with Gasteiger partial charge in [0.1, 0.15) is 0 Å². The van der Waals surface area contributed by atoms with Gasteiger partial charge >= 0.3 is 0 Å². The third-order valence-electron chi connectivity index (χ3n) is 8.39. The molecule has 3 fully saturated rings. The molecule has 0 aliphatic heterocycles. The van der Waals surface area contributed by atoms with E-state index >= 15 is 0 Å². The predicted octanol–water partition coefficient (Wildman–Crippen LogP) is 7.94. The summed E-state index contributed by atoms with van der Waals surface area (Å²) in [5.74, 6) is 5.20. The van der Waals surface area contributed by atoms with Gasteiger partial charge in [0.2, 0.25) is 0 Å². The molecule has 0 spiro atoms. The molecule has 0 unspecified atom stereocenters. The zero-order valence-electron chi connectivity index (χ0n) is 18.2. The zero-order valence-corrected chi connectivity index (χ0v) is 18.2. The van der Waals surface area contributed by atoms with Crippen LogP contribution in [0.15, 0.2) is 12.7 Å². The van der Waals surface area contributed by atoms with Crippen molar-refractivity contribution >= 4 is 0 Å². The first-order valence-electron chi connectivity index (χ1n) is 12.5. The van der Waals surface area contributed by atoms with Crippen LogP contribution in [-0.4, -0.2) is 12.7 Å². The normalized spacial score (nSPS) is 37.8. The van der Waals surface area contributed by atoms with Crippen LogP contribution in [0.2, 0.25) is 0 Å². The van der Waals surface area contributed by atoms with Crippen LogP contribution in [0.25, 0.3) is 0 Å². The van der Waals surface area contributed by atoms with E-state index in [1.54, 1.807) is 12.8 Å². The number of rotatable bonds is 9. The fraction of sp³-hybridized carbons (Fsp3) is 0.923. The van der Waals surface area contributed by atoms with Gasteiger partial charge in [0.05, 0.1) is 6.10 Å². The number of ether oxygens (including phenoxy) is 1.